The quantitative estimate of drug-likeness (QED) is 0.900. The highest BCUT2D eigenvalue weighted by molar-refractivity contribution is 9.11. The highest BCUT2D eigenvalue weighted by Gasteiger charge is 2.17. The molecule has 1 aliphatic rings. The maximum absolute atomic E-state index is 9.58. The topological polar surface area (TPSA) is 32.7 Å². The fourth-order valence-corrected chi connectivity index (χ4v) is 2.89. The van der Waals surface area contributed by atoms with E-state index >= 15 is 0 Å². The number of hydrogen-bond acceptors (Lipinski definition) is 4. The molecule has 1 fully saturated rings. The van der Waals surface area contributed by atoms with Gasteiger partial charge in [-0.3, -0.25) is 4.90 Å². The van der Waals surface area contributed by atoms with Crippen molar-refractivity contribution >= 4 is 27.3 Å². The van der Waals surface area contributed by atoms with Crippen LogP contribution < -0.4 is 0 Å². The first-order valence-electron chi connectivity index (χ1n) is 4.96. The maximum atomic E-state index is 9.58. The van der Waals surface area contributed by atoms with Crippen LogP contribution in [0.5, 0.6) is 0 Å². The van der Waals surface area contributed by atoms with Crippen LogP contribution in [0.3, 0.4) is 0 Å². The van der Waals surface area contributed by atoms with Gasteiger partial charge in [-0.05, 0) is 32.9 Å². The Hall–Kier alpha value is 0.0600. The van der Waals surface area contributed by atoms with Crippen LogP contribution in [0.25, 0.3) is 0 Å². The van der Waals surface area contributed by atoms with Crippen molar-refractivity contribution in [2.24, 2.45) is 0 Å². The number of thiophene rings is 1. The molecule has 1 aliphatic heterocycles. The van der Waals surface area contributed by atoms with Crippen LogP contribution in [0.2, 0.25) is 0 Å². The molecule has 0 spiro atoms. The molecular weight excluding hydrogens is 278 g/mol. The first kappa shape index (κ1) is 11.5. The molecule has 0 bridgehead atoms. The number of β-amino-alcohol motifs (C(OH)–C–C–N with tert-alkyl or cyclic N) is 1. The molecular formula is C10H14BrNO2S. The van der Waals surface area contributed by atoms with Gasteiger partial charge in [0.25, 0.3) is 0 Å². The van der Waals surface area contributed by atoms with E-state index < -0.39 is 0 Å². The Balaban J connectivity index is 1.96. The van der Waals surface area contributed by atoms with Crippen molar-refractivity contribution in [1.82, 2.24) is 4.90 Å². The largest absolute Gasteiger partial charge is 0.389 e. The predicted molar refractivity (Wildman–Crippen MR) is 64.1 cm³/mol. The van der Waals surface area contributed by atoms with Crippen LogP contribution in [0.4, 0.5) is 0 Å². The van der Waals surface area contributed by atoms with E-state index in [4.69, 9.17) is 4.74 Å². The minimum absolute atomic E-state index is 0.357. The third-order valence-corrected chi connectivity index (χ3v) is 4.23. The lowest BCUT2D eigenvalue weighted by atomic mass is 10.3. The molecule has 1 atom stereocenters. The summed E-state index contributed by atoms with van der Waals surface area (Å²) in [5.74, 6) is 0. The molecule has 3 nitrogen and oxygen atoms in total. The molecule has 2 rings (SSSR count). The van der Waals surface area contributed by atoms with Gasteiger partial charge in [0.05, 0.1) is 23.1 Å². The molecule has 5 heteroatoms. The van der Waals surface area contributed by atoms with Gasteiger partial charge in [0.15, 0.2) is 0 Å². The second kappa shape index (κ2) is 5.41. The molecule has 0 radical (unpaired) electrons. The van der Waals surface area contributed by atoms with Gasteiger partial charge in [0.1, 0.15) is 0 Å². The van der Waals surface area contributed by atoms with E-state index in [0.29, 0.717) is 19.8 Å². The van der Waals surface area contributed by atoms with Gasteiger partial charge in [0, 0.05) is 19.6 Å². The highest BCUT2D eigenvalue weighted by Crippen LogP contribution is 2.24. The smallest absolute Gasteiger partial charge is 0.0900 e. The summed E-state index contributed by atoms with van der Waals surface area (Å²) in [5.41, 5.74) is 1.29. The van der Waals surface area contributed by atoms with Crippen LogP contribution in [0.1, 0.15) is 5.56 Å². The van der Waals surface area contributed by atoms with Gasteiger partial charge in [-0.2, -0.15) is 0 Å². The summed E-state index contributed by atoms with van der Waals surface area (Å²) in [6.07, 6.45) is -0.357. The number of nitrogens with zero attached hydrogens (tertiary/aromatic N) is 1. The Morgan fingerprint density at radius 3 is 3.27 bits per heavy atom. The lowest BCUT2D eigenvalue weighted by molar-refractivity contribution is 0.0562. The summed E-state index contributed by atoms with van der Waals surface area (Å²) in [6, 6.07) is 2.12. The fourth-order valence-electron chi connectivity index (χ4n) is 1.67. The van der Waals surface area contributed by atoms with Crippen molar-refractivity contribution in [2.45, 2.75) is 12.6 Å². The molecule has 1 N–H and O–H groups in total. The van der Waals surface area contributed by atoms with Gasteiger partial charge in [0.2, 0.25) is 0 Å². The standard InChI is InChI=1S/C10H14BrNO2S/c11-10-8(1-4-15-10)5-12-2-3-14-7-9(13)6-12/h1,4,9,13H,2-3,5-7H2. The van der Waals surface area contributed by atoms with E-state index in [1.165, 1.54) is 9.35 Å². The summed E-state index contributed by atoms with van der Waals surface area (Å²) in [7, 11) is 0. The van der Waals surface area contributed by atoms with Gasteiger partial charge in [-0.15, -0.1) is 11.3 Å². The molecule has 1 aromatic heterocycles. The molecule has 0 aliphatic carbocycles. The van der Waals surface area contributed by atoms with Gasteiger partial charge < -0.3 is 9.84 Å². The summed E-state index contributed by atoms with van der Waals surface area (Å²) in [4.78, 5) is 2.23. The van der Waals surface area contributed by atoms with Crippen LogP contribution in [-0.2, 0) is 11.3 Å². The third-order valence-electron chi connectivity index (χ3n) is 2.42. The van der Waals surface area contributed by atoms with Crippen molar-refractivity contribution in [3.05, 3.63) is 20.8 Å². The van der Waals surface area contributed by atoms with E-state index in [9.17, 15) is 5.11 Å². The van der Waals surface area contributed by atoms with Crippen molar-refractivity contribution < 1.29 is 9.84 Å². The zero-order valence-electron chi connectivity index (χ0n) is 8.36. The second-order valence-corrected chi connectivity index (χ2v) is 5.92. The Bertz CT molecular complexity index is 318. The van der Waals surface area contributed by atoms with Crippen LogP contribution >= 0.6 is 27.3 Å². The van der Waals surface area contributed by atoms with E-state index in [1.54, 1.807) is 11.3 Å². The number of ether oxygens (including phenoxy) is 1. The number of aliphatic hydroxyl groups is 1. The molecule has 0 aromatic carbocycles. The summed E-state index contributed by atoms with van der Waals surface area (Å²) in [6.45, 7) is 3.63. The predicted octanol–water partition coefficient (Wildman–Crippen LogP) is 1.70. The highest BCUT2D eigenvalue weighted by atomic mass is 79.9. The lowest BCUT2D eigenvalue weighted by Crippen LogP contribution is -2.32. The monoisotopic (exact) mass is 291 g/mol. The van der Waals surface area contributed by atoms with Crippen molar-refractivity contribution in [1.29, 1.82) is 0 Å². The van der Waals surface area contributed by atoms with Crippen molar-refractivity contribution in [3.63, 3.8) is 0 Å². The third kappa shape index (κ3) is 3.26. The zero-order valence-corrected chi connectivity index (χ0v) is 10.8. The zero-order chi connectivity index (χ0) is 10.7. The van der Waals surface area contributed by atoms with Gasteiger partial charge in [-0.1, -0.05) is 0 Å². The van der Waals surface area contributed by atoms with E-state index in [-0.39, 0.29) is 6.10 Å². The number of hydrogen-bond donors (Lipinski definition) is 1. The Labute approximate surface area is 102 Å². The normalized spacial score (nSPS) is 24.0. The maximum Gasteiger partial charge on any atom is 0.0900 e. The SMILES string of the molecule is OC1COCCN(Cc2ccsc2Br)C1. The number of halogens is 1. The van der Waals surface area contributed by atoms with Crippen molar-refractivity contribution in [2.75, 3.05) is 26.3 Å². The van der Waals surface area contributed by atoms with E-state index in [1.807, 2.05) is 0 Å². The average Bonchev–Trinajstić information content (AvgIpc) is 2.48. The van der Waals surface area contributed by atoms with Gasteiger partial charge >= 0.3 is 0 Å². The molecule has 15 heavy (non-hydrogen) atoms. The Kier molecular flexibility index (Phi) is 4.16. The molecule has 1 saturated heterocycles. The summed E-state index contributed by atoms with van der Waals surface area (Å²) >= 11 is 5.22. The van der Waals surface area contributed by atoms with E-state index in [0.717, 1.165) is 13.1 Å². The van der Waals surface area contributed by atoms with Crippen LogP contribution in [-0.4, -0.2) is 42.4 Å². The Morgan fingerprint density at radius 1 is 1.67 bits per heavy atom. The number of rotatable bonds is 2. The number of aliphatic hydroxyl groups excluding tert-OH is 1. The minimum atomic E-state index is -0.357. The summed E-state index contributed by atoms with van der Waals surface area (Å²) < 4.78 is 6.47. The molecule has 2 heterocycles. The first-order valence-corrected chi connectivity index (χ1v) is 6.63. The van der Waals surface area contributed by atoms with Crippen LogP contribution in [0.15, 0.2) is 15.2 Å². The van der Waals surface area contributed by atoms with Crippen LogP contribution in [0, 0.1) is 0 Å². The fraction of sp³-hybridized carbons (Fsp3) is 0.600. The molecule has 1 unspecified atom stereocenters. The van der Waals surface area contributed by atoms with E-state index in [2.05, 4.69) is 32.3 Å². The summed E-state index contributed by atoms with van der Waals surface area (Å²) in [5, 5.41) is 11.7. The molecule has 1 aromatic rings. The minimum Gasteiger partial charge on any atom is -0.389 e. The van der Waals surface area contributed by atoms with Gasteiger partial charge in [-0.25, -0.2) is 0 Å². The lowest BCUT2D eigenvalue weighted by Gasteiger charge is -2.20. The second-order valence-electron chi connectivity index (χ2n) is 3.68. The first-order chi connectivity index (χ1) is 7.25. The Morgan fingerprint density at radius 2 is 2.53 bits per heavy atom. The average molecular weight is 292 g/mol. The molecule has 0 saturated carbocycles. The van der Waals surface area contributed by atoms with Crippen molar-refractivity contribution in [3.8, 4) is 0 Å². The molecule has 0 amide bonds. The molecule has 84 valence electrons.